The first-order valence-corrected chi connectivity index (χ1v) is 9.18. The number of anilines is 1. The molecule has 0 aliphatic rings. The van der Waals surface area contributed by atoms with Gasteiger partial charge in [0.2, 0.25) is 0 Å². The van der Waals surface area contributed by atoms with E-state index in [1.807, 2.05) is 0 Å². The van der Waals surface area contributed by atoms with Crippen molar-refractivity contribution in [2.75, 3.05) is 5.32 Å². The van der Waals surface area contributed by atoms with Crippen LogP contribution in [0.3, 0.4) is 0 Å². The number of hydrogen-bond donors (Lipinski definition) is 1. The lowest BCUT2D eigenvalue weighted by Gasteiger charge is -2.12. The highest BCUT2D eigenvalue weighted by molar-refractivity contribution is 7.99. The number of aryl methyl sites for hydroxylation is 1. The van der Waals surface area contributed by atoms with Crippen LogP contribution >= 0.6 is 11.8 Å². The van der Waals surface area contributed by atoms with Crippen LogP contribution in [0, 0.1) is 33.0 Å². The van der Waals surface area contributed by atoms with Gasteiger partial charge in [-0.3, -0.25) is 25.0 Å². The first-order valence-electron chi connectivity index (χ1n) is 8.37. The van der Waals surface area contributed by atoms with Gasteiger partial charge in [-0.2, -0.15) is 0 Å². The van der Waals surface area contributed by atoms with Gasteiger partial charge in [0, 0.05) is 36.0 Å². The smallest absolute Gasteiger partial charge is 0.279 e. The summed E-state index contributed by atoms with van der Waals surface area (Å²) in [7, 11) is 1.77. The number of rotatable bonds is 6. The van der Waals surface area contributed by atoms with Gasteiger partial charge in [-0.25, -0.2) is 9.37 Å². The van der Waals surface area contributed by atoms with Gasteiger partial charge in [-0.05, 0) is 36.9 Å². The summed E-state index contributed by atoms with van der Waals surface area (Å²) in [6.07, 6.45) is 3.30. The van der Waals surface area contributed by atoms with Crippen molar-refractivity contribution in [1.29, 1.82) is 0 Å². The number of aromatic nitrogens is 2. The summed E-state index contributed by atoms with van der Waals surface area (Å²) >= 11 is 1.17. The van der Waals surface area contributed by atoms with Gasteiger partial charge in [-0.15, -0.1) is 0 Å². The molecule has 0 saturated heterocycles. The van der Waals surface area contributed by atoms with Crippen molar-refractivity contribution in [1.82, 2.24) is 9.55 Å². The van der Waals surface area contributed by atoms with Crippen molar-refractivity contribution in [3.05, 3.63) is 79.9 Å². The Balaban J connectivity index is 2.00. The summed E-state index contributed by atoms with van der Waals surface area (Å²) in [6, 6.07) is 5.49. The highest BCUT2D eigenvalue weighted by Gasteiger charge is 2.25. The maximum Gasteiger partial charge on any atom is 0.279 e. The van der Waals surface area contributed by atoms with Gasteiger partial charge >= 0.3 is 0 Å². The van der Waals surface area contributed by atoms with Crippen molar-refractivity contribution in [3.63, 3.8) is 0 Å². The molecule has 1 N–H and O–H groups in total. The zero-order valence-corrected chi connectivity index (χ0v) is 16.5. The molecule has 30 heavy (non-hydrogen) atoms. The predicted octanol–water partition coefficient (Wildman–Crippen LogP) is 4.09. The number of carbonyl (C=O) groups is 1. The van der Waals surface area contributed by atoms with Crippen LogP contribution in [0.1, 0.15) is 15.9 Å². The van der Waals surface area contributed by atoms with Crippen LogP contribution in [0.15, 0.2) is 52.8 Å². The Hall–Kier alpha value is -3.80. The molecule has 0 spiro atoms. The molecule has 2 aromatic carbocycles. The van der Waals surface area contributed by atoms with Gasteiger partial charge < -0.3 is 9.88 Å². The van der Waals surface area contributed by atoms with Gasteiger partial charge in [0.05, 0.1) is 27.2 Å². The fourth-order valence-corrected chi connectivity index (χ4v) is 3.51. The number of nitrogens with one attached hydrogen (secondary N) is 1. The van der Waals surface area contributed by atoms with Crippen molar-refractivity contribution < 1.29 is 19.0 Å². The first-order chi connectivity index (χ1) is 14.2. The van der Waals surface area contributed by atoms with Crippen molar-refractivity contribution in [3.8, 4) is 0 Å². The number of amides is 1. The van der Waals surface area contributed by atoms with Crippen molar-refractivity contribution in [2.24, 2.45) is 7.05 Å². The van der Waals surface area contributed by atoms with Crippen LogP contribution in [0.5, 0.6) is 0 Å². The minimum Gasteiger partial charge on any atom is -0.329 e. The second kappa shape index (κ2) is 8.29. The Morgan fingerprint density at radius 3 is 2.53 bits per heavy atom. The van der Waals surface area contributed by atoms with E-state index in [2.05, 4.69) is 10.3 Å². The molecule has 154 valence electrons. The molecule has 3 aromatic rings. The van der Waals surface area contributed by atoms with E-state index in [1.54, 1.807) is 24.0 Å². The van der Waals surface area contributed by atoms with Crippen LogP contribution < -0.4 is 5.32 Å². The standard InChI is InChI=1S/C18H14FN5O5S/c1-10-13(8-12(23(26)27)9-15(10)24(28)29)17(25)21-14-7-11(19)3-4-16(14)30-18-20-5-6-22(18)2/h3-9H,1-2H3,(H,21,25). The molecule has 0 fully saturated rings. The SMILES string of the molecule is Cc1c(C(=O)Nc2cc(F)ccc2Sc2nccn2C)cc([N+](=O)[O-])cc1[N+](=O)[O-]. The second-order valence-corrected chi connectivity index (χ2v) is 7.18. The van der Waals surface area contributed by atoms with Crippen molar-refractivity contribution in [2.45, 2.75) is 17.0 Å². The molecular weight excluding hydrogens is 417 g/mol. The highest BCUT2D eigenvalue weighted by atomic mass is 32.2. The maximum absolute atomic E-state index is 13.8. The highest BCUT2D eigenvalue weighted by Crippen LogP contribution is 2.34. The summed E-state index contributed by atoms with van der Waals surface area (Å²) < 4.78 is 15.5. The van der Waals surface area contributed by atoms with Gasteiger partial charge in [0.15, 0.2) is 5.16 Å². The number of nitro groups is 2. The third kappa shape index (κ3) is 4.27. The molecule has 0 atom stereocenters. The van der Waals surface area contributed by atoms with E-state index in [0.717, 1.165) is 18.2 Å². The zero-order chi connectivity index (χ0) is 22.0. The molecule has 0 saturated carbocycles. The molecule has 0 radical (unpaired) electrons. The third-order valence-electron chi connectivity index (χ3n) is 4.19. The normalized spacial score (nSPS) is 10.6. The summed E-state index contributed by atoms with van der Waals surface area (Å²) in [5.74, 6) is -1.46. The Kier molecular flexibility index (Phi) is 5.78. The molecule has 1 heterocycles. The quantitative estimate of drug-likeness (QED) is 0.459. The molecule has 0 aliphatic heterocycles. The van der Waals surface area contributed by atoms with Crippen LogP contribution in [-0.2, 0) is 7.05 Å². The molecule has 3 rings (SSSR count). The molecule has 12 heteroatoms. The summed E-state index contributed by atoms with van der Waals surface area (Å²) in [6.45, 7) is 1.31. The summed E-state index contributed by atoms with van der Waals surface area (Å²) in [4.78, 5) is 38.2. The van der Waals surface area contributed by atoms with E-state index < -0.39 is 32.9 Å². The first kappa shape index (κ1) is 20.9. The van der Waals surface area contributed by atoms with Crippen LogP contribution in [0.25, 0.3) is 0 Å². The van der Waals surface area contributed by atoms with E-state index in [1.165, 1.54) is 30.8 Å². The lowest BCUT2D eigenvalue weighted by Crippen LogP contribution is -2.15. The van der Waals surface area contributed by atoms with E-state index in [4.69, 9.17) is 0 Å². The molecular formula is C18H14FN5O5S. The Morgan fingerprint density at radius 1 is 1.20 bits per heavy atom. The zero-order valence-electron chi connectivity index (χ0n) is 15.7. The monoisotopic (exact) mass is 431 g/mol. The summed E-state index contributed by atoms with van der Waals surface area (Å²) in [5, 5.41) is 25.4. The fraction of sp³-hybridized carbons (Fsp3) is 0.111. The third-order valence-corrected chi connectivity index (χ3v) is 5.34. The molecule has 0 unspecified atom stereocenters. The van der Waals surface area contributed by atoms with E-state index in [9.17, 15) is 29.4 Å². The minimum atomic E-state index is -0.841. The van der Waals surface area contributed by atoms with Gasteiger partial charge in [0.1, 0.15) is 5.82 Å². The largest absolute Gasteiger partial charge is 0.329 e. The Morgan fingerprint density at radius 2 is 1.93 bits per heavy atom. The molecule has 0 aliphatic carbocycles. The number of nitro benzene ring substituents is 2. The maximum atomic E-state index is 13.8. The molecule has 1 aromatic heterocycles. The van der Waals surface area contributed by atoms with E-state index in [-0.39, 0.29) is 16.8 Å². The number of benzene rings is 2. The Labute approximate surface area is 173 Å². The average Bonchev–Trinajstić information content (AvgIpc) is 3.08. The Bertz CT molecular complexity index is 1180. The molecule has 1 amide bonds. The summed E-state index contributed by atoms with van der Waals surface area (Å²) in [5.41, 5.74) is -1.36. The molecule has 0 bridgehead atoms. The minimum absolute atomic E-state index is 0.0437. The van der Waals surface area contributed by atoms with Crippen molar-refractivity contribution >= 4 is 34.7 Å². The van der Waals surface area contributed by atoms with E-state index in [0.29, 0.717) is 10.1 Å². The number of non-ortho nitro benzene ring substituents is 1. The topological polar surface area (TPSA) is 133 Å². The second-order valence-electron chi connectivity index (χ2n) is 6.17. The number of carbonyl (C=O) groups excluding carboxylic acids is 1. The predicted molar refractivity (Wildman–Crippen MR) is 106 cm³/mol. The van der Waals surface area contributed by atoms with E-state index >= 15 is 0 Å². The number of nitrogens with zero attached hydrogens (tertiary/aromatic N) is 4. The van der Waals surface area contributed by atoms with Crippen LogP contribution in [0.2, 0.25) is 0 Å². The number of imidazole rings is 1. The number of halogens is 1. The number of hydrogen-bond acceptors (Lipinski definition) is 7. The average molecular weight is 431 g/mol. The van der Waals surface area contributed by atoms with Crippen LogP contribution in [0.4, 0.5) is 21.5 Å². The fourth-order valence-electron chi connectivity index (χ4n) is 2.64. The lowest BCUT2D eigenvalue weighted by molar-refractivity contribution is -0.394. The molecule has 10 nitrogen and oxygen atoms in total. The van der Waals surface area contributed by atoms with Gasteiger partial charge in [0.25, 0.3) is 17.3 Å². The van der Waals surface area contributed by atoms with Gasteiger partial charge in [-0.1, -0.05) is 0 Å². The lowest BCUT2D eigenvalue weighted by atomic mass is 10.0. The van der Waals surface area contributed by atoms with Crippen LogP contribution in [-0.4, -0.2) is 25.3 Å².